The molecule has 1 heterocycles. The maximum absolute atomic E-state index is 11.7. The van der Waals surface area contributed by atoms with Crippen LogP contribution in [0.2, 0.25) is 0 Å². The maximum Gasteiger partial charge on any atom is 0.441 e. The fourth-order valence-electron chi connectivity index (χ4n) is 1.61. The van der Waals surface area contributed by atoms with Crippen molar-refractivity contribution in [2.24, 2.45) is 0 Å². The molecule has 0 unspecified atom stereocenters. The fourth-order valence-corrected chi connectivity index (χ4v) is 2.09. The minimum absolute atomic E-state index is 0.0402. The largest absolute Gasteiger partial charge is 0.441 e. The first-order valence-corrected chi connectivity index (χ1v) is 6.20. The van der Waals surface area contributed by atoms with Crippen LogP contribution < -0.4 is 5.32 Å². The summed E-state index contributed by atoms with van der Waals surface area (Å²) in [5, 5.41) is 3.02. The van der Waals surface area contributed by atoms with Gasteiger partial charge >= 0.3 is 5.51 Å². The lowest BCUT2D eigenvalue weighted by Gasteiger charge is -2.14. The van der Waals surface area contributed by atoms with E-state index in [1.807, 2.05) is 0 Å². The topological polar surface area (TPSA) is 15.3 Å². The molecule has 6 heteroatoms. The van der Waals surface area contributed by atoms with E-state index in [9.17, 15) is 13.2 Å². The molecular weight excluding hydrogens is 225 g/mol. The Morgan fingerprint density at radius 2 is 1.80 bits per heavy atom. The molecular formula is C9H17F3N2S. The maximum atomic E-state index is 11.7. The van der Waals surface area contributed by atoms with Gasteiger partial charge in [-0.1, -0.05) is 0 Å². The van der Waals surface area contributed by atoms with E-state index >= 15 is 0 Å². The van der Waals surface area contributed by atoms with Gasteiger partial charge < -0.3 is 10.2 Å². The molecule has 0 saturated carbocycles. The summed E-state index contributed by atoms with van der Waals surface area (Å²) in [6.45, 7) is 4.45. The van der Waals surface area contributed by atoms with Crippen LogP contribution in [-0.2, 0) is 0 Å². The summed E-state index contributed by atoms with van der Waals surface area (Å²) in [6, 6.07) is 0. The summed E-state index contributed by atoms with van der Waals surface area (Å²) >= 11 is 0.0402. The first-order chi connectivity index (χ1) is 7.08. The highest BCUT2D eigenvalue weighted by Gasteiger charge is 2.27. The molecule has 0 aromatic carbocycles. The Kier molecular flexibility index (Phi) is 5.78. The van der Waals surface area contributed by atoms with Crippen LogP contribution in [0.4, 0.5) is 13.2 Å². The summed E-state index contributed by atoms with van der Waals surface area (Å²) in [5.74, 6) is 0.101. The highest BCUT2D eigenvalue weighted by molar-refractivity contribution is 8.00. The smallest absolute Gasteiger partial charge is 0.315 e. The van der Waals surface area contributed by atoms with Crippen LogP contribution in [-0.4, -0.2) is 48.9 Å². The number of thioether (sulfide) groups is 1. The molecule has 1 N–H and O–H groups in total. The van der Waals surface area contributed by atoms with Crippen LogP contribution >= 0.6 is 11.8 Å². The molecule has 2 nitrogen and oxygen atoms in total. The van der Waals surface area contributed by atoms with Crippen molar-refractivity contribution in [2.75, 3.05) is 38.5 Å². The molecule has 0 aromatic heterocycles. The highest BCUT2D eigenvalue weighted by Crippen LogP contribution is 2.29. The van der Waals surface area contributed by atoms with Crippen molar-refractivity contribution in [1.29, 1.82) is 0 Å². The Balaban J connectivity index is 1.84. The van der Waals surface area contributed by atoms with Crippen molar-refractivity contribution >= 4 is 11.8 Å². The Bertz CT molecular complexity index is 169. The van der Waals surface area contributed by atoms with Gasteiger partial charge in [0.05, 0.1) is 0 Å². The minimum Gasteiger partial charge on any atom is -0.315 e. The number of halogens is 3. The third-order valence-corrected chi connectivity index (χ3v) is 3.08. The Morgan fingerprint density at radius 1 is 1.13 bits per heavy atom. The quantitative estimate of drug-likeness (QED) is 0.716. The number of nitrogens with zero attached hydrogens (tertiary/aromatic N) is 1. The number of alkyl halides is 3. The minimum atomic E-state index is -4.09. The van der Waals surface area contributed by atoms with Crippen molar-refractivity contribution in [3.63, 3.8) is 0 Å². The van der Waals surface area contributed by atoms with Crippen LogP contribution in [0, 0.1) is 0 Å². The summed E-state index contributed by atoms with van der Waals surface area (Å²) < 4.78 is 35.2. The molecule has 1 fully saturated rings. The zero-order chi connectivity index (χ0) is 11.1. The van der Waals surface area contributed by atoms with Crippen molar-refractivity contribution in [2.45, 2.75) is 18.3 Å². The molecule has 0 radical (unpaired) electrons. The van der Waals surface area contributed by atoms with Gasteiger partial charge in [-0.05, 0) is 37.7 Å². The Hall–Kier alpha value is 0.0600. The van der Waals surface area contributed by atoms with E-state index < -0.39 is 5.51 Å². The summed E-state index contributed by atoms with van der Waals surface area (Å²) in [4.78, 5) is 2.34. The van der Waals surface area contributed by atoms with Gasteiger partial charge in [0.2, 0.25) is 0 Å². The average molecular weight is 242 g/mol. The normalized spacial score (nSPS) is 18.6. The lowest BCUT2D eigenvalue weighted by molar-refractivity contribution is -0.0327. The molecule has 0 aromatic rings. The van der Waals surface area contributed by atoms with Crippen LogP contribution in [0.1, 0.15) is 12.8 Å². The van der Waals surface area contributed by atoms with Crippen molar-refractivity contribution in [3.05, 3.63) is 0 Å². The second-order valence-corrected chi connectivity index (χ2v) is 4.75. The number of nitrogens with one attached hydrogen (secondary N) is 1. The van der Waals surface area contributed by atoms with E-state index in [2.05, 4.69) is 10.2 Å². The Labute approximate surface area is 92.6 Å². The van der Waals surface area contributed by atoms with Gasteiger partial charge in [0.1, 0.15) is 0 Å². The third-order valence-electron chi connectivity index (χ3n) is 2.35. The zero-order valence-corrected chi connectivity index (χ0v) is 9.46. The first kappa shape index (κ1) is 13.1. The van der Waals surface area contributed by atoms with E-state index in [-0.39, 0.29) is 17.5 Å². The molecule has 1 aliphatic rings. The van der Waals surface area contributed by atoms with Gasteiger partial charge in [-0.3, -0.25) is 0 Å². The fraction of sp³-hybridized carbons (Fsp3) is 1.00. The van der Waals surface area contributed by atoms with Gasteiger partial charge in [0.15, 0.2) is 0 Å². The van der Waals surface area contributed by atoms with Crippen molar-refractivity contribution in [1.82, 2.24) is 10.2 Å². The third kappa shape index (κ3) is 7.03. The lowest BCUT2D eigenvalue weighted by Crippen LogP contribution is -2.31. The summed E-state index contributed by atoms with van der Waals surface area (Å²) in [6.07, 6.45) is 2.51. The molecule has 0 bridgehead atoms. The van der Waals surface area contributed by atoms with E-state index in [4.69, 9.17) is 0 Å². The van der Waals surface area contributed by atoms with Gasteiger partial charge in [-0.15, -0.1) is 0 Å². The molecule has 0 aliphatic carbocycles. The van der Waals surface area contributed by atoms with Crippen LogP contribution in [0.15, 0.2) is 0 Å². The van der Waals surface area contributed by atoms with E-state index in [1.54, 1.807) is 0 Å². The van der Waals surface area contributed by atoms with Crippen molar-refractivity contribution < 1.29 is 13.2 Å². The van der Waals surface area contributed by atoms with Crippen molar-refractivity contribution in [3.8, 4) is 0 Å². The predicted octanol–water partition coefficient (Wildman–Crippen LogP) is 1.92. The van der Waals surface area contributed by atoms with Gasteiger partial charge in [0, 0.05) is 25.4 Å². The first-order valence-electron chi connectivity index (χ1n) is 5.22. The second-order valence-electron chi connectivity index (χ2n) is 3.59. The number of hydrogen-bond donors (Lipinski definition) is 1. The van der Waals surface area contributed by atoms with Gasteiger partial charge in [-0.2, -0.15) is 13.2 Å². The van der Waals surface area contributed by atoms with E-state index in [0.29, 0.717) is 6.54 Å². The highest BCUT2D eigenvalue weighted by atomic mass is 32.2. The average Bonchev–Trinajstić information content (AvgIpc) is 2.61. The molecule has 0 amide bonds. The molecule has 15 heavy (non-hydrogen) atoms. The number of hydrogen-bond acceptors (Lipinski definition) is 3. The zero-order valence-electron chi connectivity index (χ0n) is 8.65. The SMILES string of the molecule is FC(F)(F)SCCNCCN1CCCC1. The number of rotatable bonds is 6. The molecule has 90 valence electrons. The van der Waals surface area contributed by atoms with Crippen LogP contribution in [0.3, 0.4) is 0 Å². The lowest BCUT2D eigenvalue weighted by atomic mass is 10.4. The van der Waals surface area contributed by atoms with Gasteiger partial charge in [-0.25, -0.2) is 0 Å². The standard InChI is InChI=1S/C9H17F3N2S/c10-9(11,12)15-8-4-13-3-7-14-5-1-2-6-14/h13H,1-8H2. The molecule has 1 rings (SSSR count). The molecule has 1 aliphatic heterocycles. The van der Waals surface area contributed by atoms with Crippen LogP contribution in [0.5, 0.6) is 0 Å². The number of likely N-dealkylation sites (tertiary alicyclic amines) is 1. The molecule has 0 spiro atoms. The molecule has 1 saturated heterocycles. The van der Waals surface area contributed by atoms with Gasteiger partial charge in [0.25, 0.3) is 0 Å². The summed E-state index contributed by atoms with van der Waals surface area (Å²) in [7, 11) is 0. The van der Waals surface area contributed by atoms with E-state index in [0.717, 1.165) is 26.2 Å². The van der Waals surface area contributed by atoms with E-state index in [1.165, 1.54) is 12.8 Å². The van der Waals surface area contributed by atoms with Crippen LogP contribution in [0.25, 0.3) is 0 Å². The predicted molar refractivity (Wildman–Crippen MR) is 57.1 cm³/mol. The monoisotopic (exact) mass is 242 g/mol. The Morgan fingerprint density at radius 3 is 2.40 bits per heavy atom. The summed E-state index contributed by atoms with van der Waals surface area (Å²) in [5.41, 5.74) is -4.09. The molecule has 0 atom stereocenters. The second kappa shape index (κ2) is 6.60.